The molecule has 10 heteroatoms. The summed E-state index contributed by atoms with van der Waals surface area (Å²) in [6.07, 6.45) is 4.19. The van der Waals surface area contributed by atoms with E-state index in [1.807, 2.05) is 20.8 Å². The molecule has 17 atom stereocenters. The first-order valence-electron chi connectivity index (χ1n) is 18.5. The Kier molecular flexibility index (Phi) is 10.9. The summed E-state index contributed by atoms with van der Waals surface area (Å²) < 4.78 is 39.8. The standard InChI is InChI=1S/C37H64O10/c1-11-35(32-21(4)18-27(43-32)29-20(3)17-22(5)37(41,12-2)46-29)14-13-28(44-35)34(9)15-16-36(47-34)19-26(38)23(6)31(45-36)24(7)30(42-10)25(8)33(39)40/h20-32,38,41H,11-19H2,1-10H3,(H,39,40)/p-1/t20-,21-,22+,23+,24+,25-,26-,27+,28+,29?,30+,31-,32?,34-,35-,36?,37-/m0/s1. The van der Waals surface area contributed by atoms with E-state index in [0.29, 0.717) is 25.7 Å². The van der Waals surface area contributed by atoms with E-state index < -0.39 is 53.0 Å². The number of aliphatic hydroxyl groups excluding tert-OH is 1. The van der Waals surface area contributed by atoms with Crippen molar-refractivity contribution < 1.29 is 48.5 Å². The Bertz CT molecular complexity index is 1110. The van der Waals surface area contributed by atoms with Crippen molar-refractivity contribution in [1.82, 2.24) is 0 Å². The highest BCUT2D eigenvalue weighted by molar-refractivity contribution is 5.67. The van der Waals surface area contributed by atoms with E-state index in [1.54, 1.807) is 6.92 Å². The van der Waals surface area contributed by atoms with E-state index in [9.17, 15) is 20.1 Å². The van der Waals surface area contributed by atoms with Gasteiger partial charge in [0.05, 0.1) is 53.9 Å². The summed E-state index contributed by atoms with van der Waals surface area (Å²) in [5.41, 5.74) is -1.08. The van der Waals surface area contributed by atoms with Crippen molar-refractivity contribution >= 4 is 5.97 Å². The number of carboxylic acids is 1. The zero-order chi connectivity index (χ0) is 34.7. The number of hydrogen-bond donors (Lipinski definition) is 2. The van der Waals surface area contributed by atoms with Gasteiger partial charge in [0, 0.05) is 49.6 Å². The van der Waals surface area contributed by atoms with Crippen molar-refractivity contribution in [2.45, 2.75) is 186 Å². The van der Waals surface area contributed by atoms with Crippen LogP contribution in [-0.2, 0) is 33.2 Å². The Morgan fingerprint density at radius 3 is 2.32 bits per heavy atom. The first-order valence-corrected chi connectivity index (χ1v) is 18.5. The summed E-state index contributed by atoms with van der Waals surface area (Å²) in [7, 11) is 1.51. The lowest BCUT2D eigenvalue weighted by atomic mass is 9.78. The van der Waals surface area contributed by atoms with E-state index in [4.69, 9.17) is 28.4 Å². The summed E-state index contributed by atoms with van der Waals surface area (Å²) in [5.74, 6) is -4.04. The summed E-state index contributed by atoms with van der Waals surface area (Å²) in [6.45, 7) is 18.2. The van der Waals surface area contributed by atoms with Crippen LogP contribution in [0.2, 0.25) is 0 Å². The van der Waals surface area contributed by atoms with Gasteiger partial charge in [0.1, 0.15) is 0 Å². The Balaban J connectivity index is 1.29. The van der Waals surface area contributed by atoms with Gasteiger partial charge in [-0.25, -0.2) is 0 Å². The van der Waals surface area contributed by atoms with Gasteiger partial charge in [-0.05, 0) is 63.7 Å². The van der Waals surface area contributed by atoms with E-state index in [2.05, 4.69) is 34.6 Å². The third-order valence-electron chi connectivity index (χ3n) is 13.3. The highest BCUT2D eigenvalue weighted by atomic mass is 16.7. The van der Waals surface area contributed by atoms with Crippen LogP contribution in [0.4, 0.5) is 0 Å². The van der Waals surface area contributed by atoms with E-state index >= 15 is 0 Å². The number of aliphatic hydroxyl groups is 2. The number of aliphatic carboxylic acids is 1. The fraction of sp³-hybridized carbons (Fsp3) is 0.973. The number of carboxylic acid groups (broad SMARTS) is 1. The Labute approximate surface area is 282 Å². The Morgan fingerprint density at radius 1 is 1.00 bits per heavy atom. The minimum Gasteiger partial charge on any atom is -0.550 e. The molecule has 0 aromatic heterocycles. The maximum Gasteiger partial charge on any atom is 0.172 e. The molecule has 272 valence electrons. The monoisotopic (exact) mass is 667 g/mol. The maximum absolute atomic E-state index is 11.7. The highest BCUT2D eigenvalue weighted by Gasteiger charge is 2.62. The number of rotatable bonds is 10. The van der Waals surface area contributed by atoms with Crippen molar-refractivity contribution in [3.8, 4) is 0 Å². The van der Waals surface area contributed by atoms with Crippen molar-refractivity contribution in [1.29, 1.82) is 0 Å². The Morgan fingerprint density at radius 2 is 1.70 bits per heavy atom. The topological polar surface area (TPSA) is 136 Å². The largest absolute Gasteiger partial charge is 0.550 e. The number of ether oxygens (including phenoxy) is 6. The quantitative estimate of drug-likeness (QED) is 0.346. The van der Waals surface area contributed by atoms with Gasteiger partial charge in [0.25, 0.3) is 0 Å². The molecule has 10 nitrogen and oxygen atoms in total. The van der Waals surface area contributed by atoms with E-state index in [0.717, 1.165) is 32.1 Å². The molecule has 0 bridgehead atoms. The second kappa shape index (κ2) is 13.7. The molecule has 47 heavy (non-hydrogen) atoms. The normalized spacial score (nSPS) is 50.9. The van der Waals surface area contributed by atoms with Crippen LogP contribution in [0.15, 0.2) is 0 Å². The maximum atomic E-state index is 11.7. The fourth-order valence-corrected chi connectivity index (χ4v) is 10.1. The molecule has 0 aromatic carbocycles. The molecule has 2 N–H and O–H groups in total. The summed E-state index contributed by atoms with van der Waals surface area (Å²) >= 11 is 0. The van der Waals surface area contributed by atoms with Gasteiger partial charge >= 0.3 is 0 Å². The lowest BCUT2D eigenvalue weighted by Gasteiger charge is -2.49. The zero-order valence-corrected chi connectivity index (χ0v) is 30.5. The van der Waals surface area contributed by atoms with Crippen molar-refractivity contribution in [3.63, 3.8) is 0 Å². The predicted molar refractivity (Wildman–Crippen MR) is 173 cm³/mol. The van der Waals surface area contributed by atoms with Crippen LogP contribution in [0, 0.1) is 35.5 Å². The van der Waals surface area contributed by atoms with Crippen LogP contribution in [0.5, 0.6) is 0 Å². The highest BCUT2D eigenvalue weighted by Crippen LogP contribution is 2.55. The van der Waals surface area contributed by atoms with Gasteiger partial charge in [0.2, 0.25) is 0 Å². The average Bonchev–Trinajstić information content (AvgIpc) is 3.73. The minimum absolute atomic E-state index is 0.0766. The first-order chi connectivity index (χ1) is 22.0. The van der Waals surface area contributed by atoms with Crippen LogP contribution in [-0.4, -0.2) is 88.8 Å². The first kappa shape index (κ1) is 37.4. The number of carbonyl (C=O) groups excluding carboxylic acids is 1. The molecule has 0 radical (unpaired) electrons. The molecule has 5 aliphatic heterocycles. The summed E-state index contributed by atoms with van der Waals surface area (Å²) in [4.78, 5) is 11.7. The van der Waals surface area contributed by atoms with Gasteiger partial charge in [0.15, 0.2) is 11.6 Å². The van der Waals surface area contributed by atoms with Gasteiger partial charge < -0.3 is 48.5 Å². The smallest absolute Gasteiger partial charge is 0.172 e. The molecule has 0 aliphatic carbocycles. The SMILES string of the molecule is CC[C@@]1(C2O[C@@H](C3O[C@@](O)(CC)[C@H](C)C[C@@H]3C)C[C@@H]2C)CC[C@H]([C@]2(C)CCC3(C[C@H](O)[C@@H](C)[C@@H]([C@H](C)[C@@H](OC)[C@H](C)C(=O)[O-])O3)O2)O1. The summed E-state index contributed by atoms with van der Waals surface area (Å²) in [6, 6.07) is 0. The molecule has 0 saturated carbocycles. The third kappa shape index (κ3) is 6.68. The molecular weight excluding hydrogens is 604 g/mol. The molecule has 3 unspecified atom stereocenters. The zero-order valence-electron chi connectivity index (χ0n) is 30.5. The Hall–Kier alpha value is -0.850. The van der Waals surface area contributed by atoms with Gasteiger partial charge in [-0.2, -0.15) is 0 Å². The van der Waals surface area contributed by atoms with Crippen LogP contribution >= 0.6 is 0 Å². The third-order valence-corrected chi connectivity index (χ3v) is 13.3. The number of carbonyl (C=O) groups is 1. The molecule has 5 saturated heterocycles. The van der Waals surface area contributed by atoms with Crippen LogP contribution in [0.25, 0.3) is 0 Å². The molecule has 0 aromatic rings. The second-order valence-corrected chi connectivity index (χ2v) is 16.5. The molecular formula is C37H63O10-. The second-order valence-electron chi connectivity index (χ2n) is 16.5. The van der Waals surface area contributed by atoms with Crippen LogP contribution in [0.1, 0.15) is 120 Å². The minimum atomic E-state index is -1.17. The van der Waals surface area contributed by atoms with Gasteiger partial charge in [-0.15, -0.1) is 0 Å². The lowest BCUT2D eigenvalue weighted by molar-refractivity contribution is -0.338. The lowest BCUT2D eigenvalue weighted by Crippen LogP contribution is -2.57. The van der Waals surface area contributed by atoms with Crippen molar-refractivity contribution in [2.24, 2.45) is 35.5 Å². The molecule has 5 heterocycles. The molecule has 5 aliphatic rings. The van der Waals surface area contributed by atoms with Crippen molar-refractivity contribution in [2.75, 3.05) is 7.11 Å². The summed E-state index contributed by atoms with van der Waals surface area (Å²) in [5, 5.41) is 34.2. The van der Waals surface area contributed by atoms with E-state index in [1.165, 1.54) is 7.11 Å². The number of methoxy groups -OCH3 is 1. The fourth-order valence-electron chi connectivity index (χ4n) is 10.1. The van der Waals surface area contributed by atoms with E-state index in [-0.39, 0.29) is 54.0 Å². The van der Waals surface area contributed by atoms with Crippen LogP contribution in [0.3, 0.4) is 0 Å². The predicted octanol–water partition coefficient (Wildman–Crippen LogP) is 4.36. The van der Waals surface area contributed by atoms with Gasteiger partial charge in [-0.3, -0.25) is 0 Å². The average molecular weight is 668 g/mol. The van der Waals surface area contributed by atoms with Gasteiger partial charge in [-0.1, -0.05) is 55.4 Å². The molecule has 5 rings (SSSR count). The van der Waals surface area contributed by atoms with Crippen molar-refractivity contribution in [3.05, 3.63) is 0 Å². The molecule has 1 spiro atoms. The van der Waals surface area contributed by atoms with Crippen LogP contribution < -0.4 is 5.11 Å². The molecule has 5 fully saturated rings. The number of hydrogen-bond acceptors (Lipinski definition) is 10. The molecule has 0 amide bonds.